The van der Waals surface area contributed by atoms with Crippen molar-refractivity contribution >= 4 is 5.78 Å². The third-order valence-corrected chi connectivity index (χ3v) is 3.59. The van der Waals surface area contributed by atoms with Crippen LogP contribution in [0, 0.1) is 25.7 Å². The molecule has 0 amide bonds. The van der Waals surface area contributed by atoms with E-state index in [0.29, 0.717) is 5.92 Å². The maximum Gasteiger partial charge on any atom is 0.169 e. The lowest BCUT2D eigenvalue weighted by atomic mass is 9.99. The summed E-state index contributed by atoms with van der Waals surface area (Å²) in [5.41, 5.74) is 2.99. The largest absolute Gasteiger partial charge is 0.496 e. The van der Waals surface area contributed by atoms with E-state index >= 15 is 0 Å². The van der Waals surface area contributed by atoms with Crippen LogP contribution >= 0.6 is 0 Å². The van der Waals surface area contributed by atoms with Gasteiger partial charge in [-0.2, -0.15) is 0 Å². The Bertz CT molecular complexity index is 435. The van der Waals surface area contributed by atoms with Crippen LogP contribution in [0.2, 0.25) is 0 Å². The summed E-state index contributed by atoms with van der Waals surface area (Å²) in [5.74, 6) is 1.76. The first kappa shape index (κ1) is 11.2. The number of benzene rings is 1. The molecule has 0 saturated heterocycles. The highest BCUT2D eigenvalue weighted by Gasteiger charge is 2.40. The van der Waals surface area contributed by atoms with Crippen LogP contribution in [-0.2, 0) is 0 Å². The number of Topliss-reactive ketones (excluding diaryl/α,β-unsaturated/α-hetero) is 1. The van der Waals surface area contributed by atoms with Crippen LogP contribution in [0.5, 0.6) is 5.75 Å². The summed E-state index contributed by atoms with van der Waals surface area (Å²) in [7, 11) is 1.63. The van der Waals surface area contributed by atoms with E-state index in [1.807, 2.05) is 26.0 Å². The highest BCUT2D eigenvalue weighted by atomic mass is 16.5. The molecule has 1 fully saturated rings. The SMILES string of the molecule is COc1c(C(=O)C2CC2C)ccc(C)c1C. The Morgan fingerprint density at radius 1 is 1.38 bits per heavy atom. The first-order chi connectivity index (χ1) is 7.56. The van der Waals surface area contributed by atoms with Crippen molar-refractivity contribution in [3.05, 3.63) is 28.8 Å². The van der Waals surface area contributed by atoms with E-state index in [2.05, 4.69) is 6.92 Å². The van der Waals surface area contributed by atoms with Gasteiger partial charge in [-0.25, -0.2) is 0 Å². The molecule has 2 unspecified atom stereocenters. The minimum absolute atomic E-state index is 0.219. The molecule has 1 saturated carbocycles. The maximum atomic E-state index is 12.2. The second-order valence-corrected chi connectivity index (χ2v) is 4.77. The fourth-order valence-electron chi connectivity index (χ4n) is 2.13. The zero-order valence-corrected chi connectivity index (χ0v) is 10.3. The molecule has 0 aromatic heterocycles. The summed E-state index contributed by atoms with van der Waals surface area (Å²) in [6.07, 6.45) is 1.02. The minimum atomic E-state index is 0.219. The van der Waals surface area contributed by atoms with Crippen molar-refractivity contribution in [1.82, 2.24) is 0 Å². The Morgan fingerprint density at radius 3 is 2.50 bits per heavy atom. The number of carbonyl (C=O) groups is 1. The standard InChI is InChI=1S/C14H18O2/c1-8-5-6-11(14(16-4)10(8)3)13(15)12-7-9(12)2/h5-6,9,12H,7H2,1-4H3. The van der Waals surface area contributed by atoms with Gasteiger partial charge in [0, 0.05) is 5.92 Å². The van der Waals surface area contributed by atoms with Crippen LogP contribution < -0.4 is 4.74 Å². The zero-order valence-electron chi connectivity index (χ0n) is 10.3. The summed E-state index contributed by atoms with van der Waals surface area (Å²) in [4.78, 5) is 12.2. The van der Waals surface area contributed by atoms with Crippen molar-refractivity contribution in [3.63, 3.8) is 0 Å². The van der Waals surface area contributed by atoms with Gasteiger partial charge in [-0.1, -0.05) is 13.0 Å². The summed E-state index contributed by atoms with van der Waals surface area (Å²) >= 11 is 0. The quantitative estimate of drug-likeness (QED) is 0.728. The fraction of sp³-hybridized carbons (Fsp3) is 0.500. The van der Waals surface area contributed by atoms with Crippen molar-refractivity contribution in [3.8, 4) is 5.75 Å². The fourth-order valence-corrected chi connectivity index (χ4v) is 2.13. The lowest BCUT2D eigenvalue weighted by molar-refractivity contribution is 0.0959. The molecule has 2 heteroatoms. The van der Waals surface area contributed by atoms with Crippen molar-refractivity contribution in [2.45, 2.75) is 27.2 Å². The number of ether oxygens (including phenoxy) is 1. The molecule has 1 aromatic rings. The van der Waals surface area contributed by atoms with Crippen molar-refractivity contribution in [2.75, 3.05) is 7.11 Å². The van der Waals surface area contributed by atoms with Gasteiger partial charge in [0.25, 0.3) is 0 Å². The number of methoxy groups -OCH3 is 1. The Morgan fingerprint density at radius 2 is 2.00 bits per heavy atom. The predicted molar refractivity (Wildman–Crippen MR) is 64.1 cm³/mol. The third-order valence-electron chi connectivity index (χ3n) is 3.59. The smallest absolute Gasteiger partial charge is 0.169 e. The molecule has 0 spiro atoms. The van der Waals surface area contributed by atoms with Crippen LogP contribution in [0.1, 0.15) is 34.8 Å². The molecule has 0 aliphatic heterocycles. The summed E-state index contributed by atoms with van der Waals surface area (Å²) < 4.78 is 5.37. The summed E-state index contributed by atoms with van der Waals surface area (Å²) in [6.45, 7) is 6.16. The van der Waals surface area contributed by atoms with Crippen molar-refractivity contribution in [1.29, 1.82) is 0 Å². The van der Waals surface area contributed by atoms with Crippen LogP contribution in [0.3, 0.4) is 0 Å². The molecule has 16 heavy (non-hydrogen) atoms. The summed E-state index contributed by atoms with van der Waals surface area (Å²) in [5, 5.41) is 0. The molecule has 0 N–H and O–H groups in total. The molecule has 2 atom stereocenters. The first-order valence-corrected chi connectivity index (χ1v) is 5.74. The predicted octanol–water partition coefficient (Wildman–Crippen LogP) is 3.15. The molecular formula is C14H18O2. The number of ketones is 1. The van der Waals surface area contributed by atoms with Crippen molar-refractivity contribution < 1.29 is 9.53 Å². The molecule has 0 heterocycles. The normalized spacial score (nSPS) is 23.0. The lowest BCUT2D eigenvalue weighted by Gasteiger charge is -2.12. The van der Waals surface area contributed by atoms with Crippen LogP contribution in [-0.4, -0.2) is 12.9 Å². The average molecular weight is 218 g/mol. The lowest BCUT2D eigenvalue weighted by Crippen LogP contribution is -2.07. The number of carbonyl (C=O) groups excluding carboxylic acids is 1. The maximum absolute atomic E-state index is 12.2. The molecule has 0 radical (unpaired) electrons. The Balaban J connectivity index is 2.40. The van der Waals surface area contributed by atoms with Gasteiger partial charge >= 0.3 is 0 Å². The second-order valence-electron chi connectivity index (χ2n) is 4.77. The molecule has 1 aromatic carbocycles. The van der Waals surface area contributed by atoms with Gasteiger partial charge in [-0.15, -0.1) is 0 Å². The van der Waals surface area contributed by atoms with Crippen molar-refractivity contribution in [2.24, 2.45) is 11.8 Å². The molecular weight excluding hydrogens is 200 g/mol. The van der Waals surface area contributed by atoms with E-state index in [1.165, 1.54) is 0 Å². The van der Waals surface area contributed by atoms with E-state index in [4.69, 9.17) is 4.74 Å². The molecule has 1 aliphatic carbocycles. The van der Waals surface area contributed by atoms with E-state index in [1.54, 1.807) is 7.11 Å². The third kappa shape index (κ3) is 1.73. The monoisotopic (exact) mass is 218 g/mol. The Kier molecular flexibility index (Phi) is 2.75. The van der Waals surface area contributed by atoms with Gasteiger partial charge in [0.2, 0.25) is 0 Å². The van der Waals surface area contributed by atoms with Crippen LogP contribution in [0.4, 0.5) is 0 Å². The summed E-state index contributed by atoms with van der Waals surface area (Å²) in [6, 6.07) is 3.90. The Hall–Kier alpha value is -1.31. The van der Waals surface area contributed by atoms with E-state index < -0.39 is 0 Å². The molecule has 2 nitrogen and oxygen atoms in total. The van der Waals surface area contributed by atoms with Gasteiger partial charge < -0.3 is 4.74 Å². The van der Waals surface area contributed by atoms with Gasteiger partial charge in [0.1, 0.15) is 5.75 Å². The highest BCUT2D eigenvalue weighted by molar-refractivity contribution is 6.02. The molecule has 86 valence electrons. The molecule has 2 rings (SSSR count). The van der Waals surface area contributed by atoms with Gasteiger partial charge in [-0.05, 0) is 43.4 Å². The number of aryl methyl sites for hydroxylation is 1. The second kappa shape index (κ2) is 3.93. The topological polar surface area (TPSA) is 26.3 Å². The highest BCUT2D eigenvalue weighted by Crippen LogP contribution is 2.42. The van der Waals surface area contributed by atoms with Gasteiger partial charge in [-0.3, -0.25) is 4.79 Å². The minimum Gasteiger partial charge on any atom is -0.496 e. The molecule has 1 aliphatic rings. The van der Waals surface area contributed by atoms with E-state index in [9.17, 15) is 4.79 Å². The Labute approximate surface area is 96.6 Å². The van der Waals surface area contributed by atoms with E-state index in [0.717, 1.165) is 28.9 Å². The van der Waals surface area contributed by atoms with Gasteiger partial charge in [0.15, 0.2) is 5.78 Å². The molecule has 0 bridgehead atoms. The number of rotatable bonds is 3. The average Bonchev–Trinajstić information content (AvgIpc) is 2.98. The van der Waals surface area contributed by atoms with E-state index in [-0.39, 0.29) is 11.7 Å². The van der Waals surface area contributed by atoms with Gasteiger partial charge in [0.05, 0.1) is 12.7 Å². The number of hydrogen-bond donors (Lipinski definition) is 0. The first-order valence-electron chi connectivity index (χ1n) is 5.74. The number of hydrogen-bond acceptors (Lipinski definition) is 2. The van der Waals surface area contributed by atoms with Crippen LogP contribution in [0.25, 0.3) is 0 Å². The zero-order chi connectivity index (χ0) is 11.9. The van der Waals surface area contributed by atoms with Crippen LogP contribution in [0.15, 0.2) is 12.1 Å².